The third kappa shape index (κ3) is 27.1. The number of aliphatic imine (C=N–C) groups is 1. The number of aliphatic hydroxyl groups excluding tert-OH is 1. The van der Waals surface area contributed by atoms with E-state index < -0.39 is 109 Å². The highest BCUT2D eigenvalue weighted by Gasteiger charge is 2.44. The van der Waals surface area contributed by atoms with Crippen molar-refractivity contribution in [1.82, 2.24) is 51.3 Å². The van der Waals surface area contributed by atoms with Crippen molar-refractivity contribution < 1.29 is 110 Å². The number of phosphoric ester groups is 1. The Labute approximate surface area is 659 Å². The molecular formula is C73H95N12O23P3S2. The number of nitrogen functional groups attached to an aromatic ring is 1. The molecule has 0 spiro atoms. The van der Waals surface area contributed by atoms with Gasteiger partial charge in [-0.15, -0.1) is 0 Å². The van der Waals surface area contributed by atoms with Gasteiger partial charge in [-0.1, -0.05) is 113 Å². The average Bonchev–Trinajstić information content (AvgIpc) is 1.24. The van der Waals surface area contributed by atoms with Gasteiger partial charge >= 0.3 is 41.4 Å². The first kappa shape index (κ1) is 90.0. The summed E-state index contributed by atoms with van der Waals surface area (Å²) in [6.07, 6.45) is 5.35. The Bertz CT molecular complexity index is 4620. The summed E-state index contributed by atoms with van der Waals surface area (Å²) in [6, 6.07) is 15.2. The van der Waals surface area contributed by atoms with Crippen LogP contribution >= 0.6 is 45.1 Å². The van der Waals surface area contributed by atoms with E-state index in [1.165, 1.54) is 60.2 Å². The largest absolute Gasteiger partial charge is 0.490 e. The number of ether oxygens (including phenoxy) is 1. The molecule has 612 valence electrons. The number of nitrogens with zero attached hydrogens (tertiary/aromatic N) is 5. The number of aromatic nitrogens is 3. The number of aliphatic hydroxyl groups is 1. The third-order valence-electron chi connectivity index (χ3n) is 18.5. The zero-order valence-corrected chi connectivity index (χ0v) is 67.0. The van der Waals surface area contributed by atoms with E-state index in [9.17, 15) is 82.3 Å². The van der Waals surface area contributed by atoms with Crippen molar-refractivity contribution in [2.24, 2.45) is 10.9 Å². The molecule has 35 nitrogen and oxygen atoms in total. The number of aliphatic carboxylic acids is 3. The standard InChI is InChI=1S/C73H95N12O23P3S2/c1-6-14-47-32-49-33-50-34-56(76-7-2)44(4)30-54(50)67(53(49)29-43(47)3)51-18-8-9-19-52(51)72(95)84(5)26-12-21-61(87)78-25-24-75-38-45-15-10-16-46(31-45)39-79-55(70(93)82-57(35-64(89)90)71(94)83-58(73(96)97)36-65(91)92)20-13-27-112-113-28-22-62(88)77-23-11-17-48-40-85(69-66(48)68(74)80-42-81-69)63-37-59(86)60(106-63)41-105-110(101,102)108-111(103,104)107-109(98,99)100/h8-10,15-16,18-19,29-32,34,40,42,54-55,57-60,63,67,75,79,86H,6-7,12-14,20-28,33,35-39,41H2,1-5H3,(H,77,88)(H,78,87)(H,82,93)(H,83,94)(H,89,90)(H,91,92)(H,96,97)(H,101,102)(H,103,104)(H2,74,80,81)(H2,98,99,100)/b76-56+/t54?,55?,57?,58?,59?,60-,63-,67?/m1/s1. The van der Waals surface area contributed by atoms with Gasteiger partial charge in [0.05, 0.1) is 54.8 Å². The van der Waals surface area contributed by atoms with E-state index in [1.807, 2.05) is 54.7 Å². The molecule has 8 unspecified atom stereocenters. The molecule has 5 amide bonds. The zero-order chi connectivity index (χ0) is 82.3. The van der Waals surface area contributed by atoms with Gasteiger partial charge in [-0.25, -0.2) is 28.5 Å². The van der Waals surface area contributed by atoms with Gasteiger partial charge in [0.15, 0.2) is 0 Å². The summed E-state index contributed by atoms with van der Waals surface area (Å²) in [5, 5.41) is 56.1. The van der Waals surface area contributed by atoms with Gasteiger partial charge in [-0.3, -0.25) is 43.1 Å². The number of hydrogen-bond donors (Lipinski definition) is 15. The monoisotopic (exact) mass is 1660 g/mol. The molecule has 1 saturated heterocycles. The summed E-state index contributed by atoms with van der Waals surface area (Å²) in [4.78, 5) is 155. The molecule has 113 heavy (non-hydrogen) atoms. The minimum Gasteiger partial charge on any atom is -0.481 e. The Hall–Kier alpha value is -8.50. The Balaban J connectivity index is 0.794. The number of aryl methyl sites for hydroxylation is 2. The Morgan fingerprint density at radius 1 is 0.814 bits per heavy atom. The van der Waals surface area contributed by atoms with Crippen LogP contribution < -0.4 is 37.6 Å². The number of rotatable bonds is 43. The average molecular weight is 1670 g/mol. The predicted molar refractivity (Wildman–Crippen MR) is 419 cm³/mol. The predicted octanol–water partition coefficient (Wildman–Crippen LogP) is 5.86. The number of carbonyl (C=O) groups is 8. The van der Waals surface area contributed by atoms with Crippen LogP contribution in [0.4, 0.5) is 5.82 Å². The lowest BCUT2D eigenvalue weighted by atomic mass is 9.65. The van der Waals surface area contributed by atoms with E-state index in [2.05, 4.69) is 113 Å². The summed E-state index contributed by atoms with van der Waals surface area (Å²) < 4.78 is 54.4. The fourth-order valence-electron chi connectivity index (χ4n) is 13.2. The van der Waals surface area contributed by atoms with Crippen molar-refractivity contribution in [2.45, 2.75) is 154 Å². The van der Waals surface area contributed by atoms with Gasteiger partial charge in [-0.05, 0) is 110 Å². The summed E-state index contributed by atoms with van der Waals surface area (Å²) in [5.74, 6) is -0.933. The molecule has 5 aromatic rings. The lowest BCUT2D eigenvalue weighted by molar-refractivity contribution is -0.148. The molecule has 1 aliphatic heterocycles. The number of amides is 5. The highest BCUT2D eigenvalue weighted by atomic mass is 33.1. The van der Waals surface area contributed by atoms with Gasteiger partial charge in [0.2, 0.25) is 23.6 Å². The van der Waals surface area contributed by atoms with Gasteiger partial charge in [-0.2, -0.15) is 8.62 Å². The number of benzene rings is 3. The highest BCUT2D eigenvalue weighted by molar-refractivity contribution is 8.76. The zero-order valence-electron chi connectivity index (χ0n) is 62.7. The molecule has 3 aromatic carbocycles. The number of hydrogen-bond acceptors (Lipinski definition) is 24. The second kappa shape index (κ2) is 42.2. The molecule has 8 rings (SSSR count). The number of fused-ring (bicyclic) bond motifs is 3. The van der Waals surface area contributed by atoms with Crippen LogP contribution in [0.15, 0.2) is 101 Å². The van der Waals surface area contributed by atoms with Crippen LogP contribution in [-0.2, 0) is 91.1 Å². The molecule has 2 aromatic heterocycles. The maximum absolute atomic E-state index is 14.5. The van der Waals surface area contributed by atoms with E-state index in [1.54, 1.807) is 11.9 Å². The van der Waals surface area contributed by atoms with Crippen molar-refractivity contribution in [2.75, 3.05) is 63.6 Å². The molecule has 3 heterocycles. The van der Waals surface area contributed by atoms with Crippen LogP contribution in [-0.4, -0.2) is 201 Å². The molecular weight excluding hydrogens is 1570 g/mol. The van der Waals surface area contributed by atoms with Crippen molar-refractivity contribution in [1.29, 1.82) is 0 Å². The number of anilines is 1. The van der Waals surface area contributed by atoms with Gasteiger partial charge in [0.1, 0.15) is 42.2 Å². The van der Waals surface area contributed by atoms with Crippen molar-refractivity contribution in [3.63, 3.8) is 0 Å². The molecule has 0 bridgehead atoms. The number of nitrogens with one attached hydrogen (secondary N) is 6. The lowest BCUT2D eigenvalue weighted by Crippen LogP contribution is -2.55. The normalized spacial score (nSPS) is 18.8. The fraction of sp³-hybridized carbons (Fsp3) is 0.466. The minimum absolute atomic E-state index is 0.0112. The van der Waals surface area contributed by atoms with Crippen LogP contribution in [0.1, 0.15) is 146 Å². The Kier molecular flexibility index (Phi) is 33.6. The molecule has 40 heteroatoms. The number of phosphoric acid groups is 3. The maximum atomic E-state index is 14.5. The van der Waals surface area contributed by atoms with Crippen LogP contribution in [0.5, 0.6) is 0 Å². The SMILES string of the molecule is CCCc1cc2c(cc1C)C(c1ccccc1C(=O)N(C)CCCC(=O)NCCNCc1cccc(CNC(CCCSSCCC(=O)NCC#Cc3cn([C@H]4CC(O)[C@@H](COP(=O)(O)OP(=O)(O)OP(=O)(O)O)O4)c4ncnc(N)c34)C(=O)NC(CC(=O)O)C(=O)NC(CC(=O)O)C(=O)O)c1)C1C=C(C)/C(=N/CC)C=C1C2. The van der Waals surface area contributed by atoms with Crippen LogP contribution in [0.3, 0.4) is 0 Å². The fourth-order valence-corrected chi connectivity index (χ4v) is 18.4. The molecule has 2 aliphatic carbocycles. The quantitative estimate of drug-likeness (QED) is 0.00940. The third-order valence-corrected chi connectivity index (χ3v) is 24.8. The second-order valence-electron chi connectivity index (χ2n) is 27.0. The summed E-state index contributed by atoms with van der Waals surface area (Å²) in [5.41, 5.74) is 18.4. The van der Waals surface area contributed by atoms with Crippen LogP contribution in [0.25, 0.3) is 11.0 Å². The molecule has 3 aliphatic rings. The molecule has 16 N–H and O–H groups in total. The first-order valence-electron chi connectivity index (χ1n) is 36.3. The Morgan fingerprint density at radius 3 is 2.23 bits per heavy atom. The summed E-state index contributed by atoms with van der Waals surface area (Å²) in [7, 11) is -12.5. The van der Waals surface area contributed by atoms with E-state index in [4.69, 9.17) is 25.2 Å². The minimum atomic E-state index is -5.81. The first-order valence-corrected chi connectivity index (χ1v) is 43.3. The highest BCUT2D eigenvalue weighted by Crippen LogP contribution is 2.66. The van der Waals surface area contributed by atoms with Crippen LogP contribution in [0, 0.1) is 24.7 Å². The molecule has 0 saturated carbocycles. The van der Waals surface area contributed by atoms with E-state index in [0.717, 1.165) is 53.6 Å². The second-order valence-corrected chi connectivity index (χ2v) is 34.2. The van der Waals surface area contributed by atoms with Gasteiger partial charge in [0, 0.05) is 101 Å². The Morgan fingerprint density at radius 2 is 1.51 bits per heavy atom. The maximum Gasteiger partial charge on any atom is 0.490 e. The lowest BCUT2D eigenvalue weighted by Gasteiger charge is -2.38. The number of nitrogens with two attached hydrogens (primary N) is 1. The molecule has 0 radical (unpaired) electrons. The number of carbonyl (C=O) groups excluding carboxylic acids is 5. The van der Waals surface area contributed by atoms with E-state index >= 15 is 0 Å². The smallest absolute Gasteiger partial charge is 0.481 e. The number of carboxylic acids is 3. The van der Waals surface area contributed by atoms with Crippen molar-refractivity contribution >= 4 is 115 Å². The van der Waals surface area contributed by atoms with Gasteiger partial charge in [0.25, 0.3) is 5.91 Å². The van der Waals surface area contributed by atoms with E-state index in [0.29, 0.717) is 62.6 Å². The number of allylic oxidation sites excluding steroid dienone is 4. The van der Waals surface area contributed by atoms with Crippen LogP contribution in [0.2, 0.25) is 0 Å². The van der Waals surface area contributed by atoms with E-state index in [-0.39, 0.29) is 90.7 Å². The summed E-state index contributed by atoms with van der Waals surface area (Å²) in [6.45, 7) is 9.76. The molecule has 1 fully saturated rings. The molecule has 10 atom stereocenters. The number of carboxylic acid groups (broad SMARTS) is 3. The van der Waals surface area contributed by atoms with Gasteiger partial charge < -0.3 is 91.8 Å². The topological polar surface area (TPSA) is 531 Å². The summed E-state index contributed by atoms with van der Waals surface area (Å²) >= 11 is 0. The first-order chi connectivity index (χ1) is 53.6. The van der Waals surface area contributed by atoms with Crippen molar-refractivity contribution in [3.8, 4) is 11.8 Å². The van der Waals surface area contributed by atoms with Crippen molar-refractivity contribution in [3.05, 3.63) is 147 Å².